The molecule has 4 aromatic heterocycles. The SMILES string of the molecule is CCCCCCCCCCCCC(CCCCCCCCCC)COc1cc(-c2cc3s[c]([Sn]([CH3])([CH3])[CH3])cc3s2)c(OCC(CCCCCCCCCC)CCCCCCCCCCCC)cc1-c1cc2s[c]([Sn]([CH3])([CH3])[CH3])cc2s1. The Hall–Kier alpha value is -0.263. The van der Waals surface area contributed by atoms with Crippen LogP contribution in [-0.2, 0) is 0 Å². The van der Waals surface area contributed by atoms with E-state index in [2.05, 4.69) is 116 Å². The third kappa shape index (κ3) is 27.2. The number of fused-ring (bicyclic) bond motifs is 2. The molecule has 0 N–H and O–H groups in total. The van der Waals surface area contributed by atoms with Gasteiger partial charge in [0, 0.05) is 0 Å². The van der Waals surface area contributed by atoms with E-state index in [0.29, 0.717) is 11.8 Å². The van der Waals surface area contributed by atoms with E-state index < -0.39 is 36.8 Å². The van der Waals surface area contributed by atoms with Gasteiger partial charge in [0.25, 0.3) is 0 Å². The second-order valence-corrected chi connectivity index (χ2v) is 62.2. The van der Waals surface area contributed by atoms with E-state index >= 15 is 0 Å². The molecule has 2 atom stereocenters. The Labute approximate surface area is 519 Å². The Bertz CT molecular complexity index is 2110. The van der Waals surface area contributed by atoms with E-state index in [1.807, 2.05) is 22.7 Å². The average Bonchev–Trinajstić information content (AvgIpc) is 4.26. The number of ether oxygens (including phenoxy) is 2. The fourth-order valence-corrected chi connectivity index (χ4v) is 27.8. The van der Waals surface area contributed by atoms with Crippen LogP contribution in [0.1, 0.15) is 285 Å². The minimum absolute atomic E-state index is 0.585. The molecule has 454 valence electrons. The van der Waals surface area contributed by atoms with Crippen molar-refractivity contribution in [1.29, 1.82) is 0 Å². The van der Waals surface area contributed by atoms with Crippen LogP contribution in [0.4, 0.5) is 0 Å². The number of hydrogen-bond donors (Lipinski definition) is 0. The molecule has 80 heavy (non-hydrogen) atoms. The summed E-state index contributed by atoms with van der Waals surface area (Å²) >= 11 is 3.70. The molecule has 5 aromatic rings. The van der Waals surface area contributed by atoms with Crippen molar-refractivity contribution < 1.29 is 9.47 Å². The number of benzene rings is 1. The molecule has 0 aliphatic rings. The first-order valence-corrected chi connectivity index (χ1v) is 57.6. The van der Waals surface area contributed by atoms with E-state index in [1.54, 1.807) is 5.79 Å². The van der Waals surface area contributed by atoms with E-state index in [-0.39, 0.29) is 0 Å². The molecule has 0 fully saturated rings. The molecular weight excluding hydrogens is 1260 g/mol. The molecule has 0 bridgehead atoms. The average molecular weight is 1390 g/mol. The second-order valence-electron chi connectivity index (χ2n) is 27.1. The topological polar surface area (TPSA) is 18.5 Å². The van der Waals surface area contributed by atoms with E-state index in [4.69, 9.17) is 9.47 Å². The van der Waals surface area contributed by atoms with Crippen LogP contribution < -0.4 is 15.3 Å². The molecule has 0 aliphatic carbocycles. The first-order valence-electron chi connectivity index (χ1n) is 34.4. The van der Waals surface area contributed by atoms with Gasteiger partial charge in [-0.1, -0.05) is 233 Å². The van der Waals surface area contributed by atoms with E-state index in [1.165, 1.54) is 297 Å². The predicted octanol–water partition coefficient (Wildman–Crippen LogP) is 26.3. The summed E-state index contributed by atoms with van der Waals surface area (Å²) in [6.45, 7) is 10.9. The third-order valence-corrected chi connectivity index (χ3v) is 40.8. The molecule has 0 aliphatic heterocycles. The monoisotopic (exact) mass is 1390 g/mol. The zero-order chi connectivity index (χ0) is 57.3. The molecule has 5 rings (SSSR count). The Balaban J connectivity index is 1.44. The number of hydrogen-bond acceptors (Lipinski definition) is 6. The van der Waals surface area contributed by atoms with Crippen LogP contribution in [0.25, 0.3) is 39.7 Å². The summed E-state index contributed by atoms with van der Waals surface area (Å²) in [5, 5.41) is 0. The van der Waals surface area contributed by atoms with Gasteiger partial charge in [-0.3, -0.25) is 0 Å². The summed E-state index contributed by atoms with van der Waals surface area (Å²) in [5.74, 6) is 3.32. The van der Waals surface area contributed by atoms with Gasteiger partial charge in [-0.15, -0.1) is 0 Å². The Kier molecular flexibility index (Phi) is 36.1. The molecule has 0 saturated carbocycles. The number of rotatable bonds is 50. The van der Waals surface area contributed by atoms with Crippen molar-refractivity contribution in [2.45, 2.75) is 314 Å². The summed E-state index contributed by atoms with van der Waals surface area (Å²) < 4.78 is 24.1. The van der Waals surface area contributed by atoms with Crippen LogP contribution in [0.5, 0.6) is 11.5 Å². The predicted molar refractivity (Wildman–Crippen MR) is 375 cm³/mol. The van der Waals surface area contributed by atoms with Crippen LogP contribution in [0, 0.1) is 11.8 Å². The quantitative estimate of drug-likeness (QED) is 0.0285. The zero-order valence-corrected chi connectivity index (χ0v) is 62.7. The Morgan fingerprint density at radius 1 is 0.300 bits per heavy atom. The first kappa shape index (κ1) is 70.5. The van der Waals surface area contributed by atoms with Gasteiger partial charge in [0.2, 0.25) is 0 Å². The summed E-state index contributed by atoms with van der Waals surface area (Å²) in [6.07, 6.45) is 55.1. The van der Waals surface area contributed by atoms with Crippen molar-refractivity contribution in [2.75, 3.05) is 13.2 Å². The van der Waals surface area contributed by atoms with E-state index in [9.17, 15) is 0 Å². The fraction of sp³-hybridized carbons (Fsp3) is 0.750. The van der Waals surface area contributed by atoms with Crippen molar-refractivity contribution in [3.63, 3.8) is 0 Å². The Morgan fingerprint density at radius 2 is 0.537 bits per heavy atom. The number of unbranched alkanes of at least 4 members (excludes halogenated alkanes) is 32. The number of thiophene rings is 4. The standard InChI is InChI=1S/C66H104O2S4.6CH3.2Sn/c1-5-9-13-17-21-25-27-31-35-39-43-55(41-37-33-29-23-19-15-11-7-3)53-67-59-49-58(64-52-66-62(72-64)46-48-70-66)60(50-57(59)63-51-65-61(71-63)45-47-69-65)68-54-56(42-38-34-30-24-20-16-12-8-4)44-40-36-32-28-26-22-18-14-10-6-2;;;;;;;;/h45-46,49-52,55-56H,5-44,53-54H2,1-4H3;6*1H3;;. The van der Waals surface area contributed by atoms with Crippen molar-refractivity contribution in [3.8, 4) is 32.4 Å². The maximum atomic E-state index is 7.44. The molecular formula is C72H122O2S4Sn2. The molecule has 4 heterocycles. The third-order valence-electron chi connectivity index (χ3n) is 17.3. The summed E-state index contributed by atoms with van der Waals surface area (Å²) in [5.41, 5.74) is 2.50. The minimum atomic E-state index is -2.23. The molecule has 8 heteroatoms. The molecule has 0 amide bonds. The van der Waals surface area contributed by atoms with Gasteiger partial charge in [0.05, 0.1) is 0 Å². The van der Waals surface area contributed by atoms with Gasteiger partial charge in [0.1, 0.15) is 0 Å². The van der Waals surface area contributed by atoms with Gasteiger partial charge < -0.3 is 0 Å². The van der Waals surface area contributed by atoms with Crippen LogP contribution in [0.15, 0.2) is 36.4 Å². The van der Waals surface area contributed by atoms with Crippen molar-refractivity contribution in [2.24, 2.45) is 11.8 Å². The molecule has 2 nitrogen and oxygen atoms in total. The molecule has 1 aromatic carbocycles. The second kappa shape index (κ2) is 41.0. The molecule has 0 spiro atoms. The zero-order valence-electron chi connectivity index (χ0n) is 53.8. The molecule has 2 unspecified atom stereocenters. The summed E-state index contributed by atoms with van der Waals surface area (Å²) in [4.78, 5) is 18.1. The first-order chi connectivity index (χ1) is 38.8. The molecule has 0 saturated heterocycles. The van der Waals surface area contributed by atoms with Crippen molar-refractivity contribution >= 4 is 107 Å². The van der Waals surface area contributed by atoms with Gasteiger partial charge in [-0.2, -0.15) is 0 Å². The maximum absolute atomic E-state index is 7.44. The Morgan fingerprint density at radius 3 is 0.775 bits per heavy atom. The van der Waals surface area contributed by atoms with Crippen LogP contribution >= 0.6 is 45.3 Å². The van der Waals surface area contributed by atoms with Crippen LogP contribution in [0.2, 0.25) is 29.6 Å². The molecule has 0 radical (unpaired) electrons. The fourth-order valence-electron chi connectivity index (χ4n) is 11.9. The van der Waals surface area contributed by atoms with Crippen molar-refractivity contribution in [1.82, 2.24) is 0 Å². The summed E-state index contributed by atoms with van der Waals surface area (Å²) in [7, 11) is 0. The van der Waals surface area contributed by atoms with Crippen LogP contribution in [-0.4, -0.2) is 50.0 Å². The summed E-state index contributed by atoms with van der Waals surface area (Å²) in [6, 6.07) is 15.1. The van der Waals surface area contributed by atoms with E-state index in [0.717, 1.165) is 24.7 Å². The van der Waals surface area contributed by atoms with Gasteiger partial charge in [-0.05, 0) is 0 Å². The van der Waals surface area contributed by atoms with Gasteiger partial charge >= 0.3 is 291 Å². The van der Waals surface area contributed by atoms with Gasteiger partial charge in [-0.25, -0.2) is 0 Å². The normalized spacial score (nSPS) is 13.1. The van der Waals surface area contributed by atoms with Crippen LogP contribution in [0.3, 0.4) is 0 Å². The van der Waals surface area contributed by atoms with Crippen molar-refractivity contribution in [3.05, 3.63) is 36.4 Å². The van der Waals surface area contributed by atoms with Gasteiger partial charge in [0.15, 0.2) is 0 Å².